The van der Waals surface area contributed by atoms with Crippen LogP contribution < -0.4 is 5.73 Å². The molecule has 1 saturated heterocycles. The van der Waals surface area contributed by atoms with E-state index in [-0.39, 0.29) is 17.7 Å². The van der Waals surface area contributed by atoms with Gasteiger partial charge in [0, 0.05) is 13.0 Å². The molecule has 4 nitrogen and oxygen atoms in total. The van der Waals surface area contributed by atoms with Crippen molar-refractivity contribution in [2.75, 3.05) is 13.1 Å². The number of hydrogen-bond donors (Lipinski definition) is 1. The second kappa shape index (κ2) is 5.10. The molecule has 4 heteroatoms. The molecule has 0 radical (unpaired) electrons. The molecule has 1 unspecified atom stereocenters. The number of hydrogen-bond acceptors (Lipinski definition) is 3. The molecule has 1 heterocycles. The summed E-state index contributed by atoms with van der Waals surface area (Å²) < 4.78 is 0. The van der Waals surface area contributed by atoms with Gasteiger partial charge in [0.1, 0.15) is 5.78 Å². The van der Waals surface area contributed by atoms with E-state index < -0.39 is 0 Å². The maximum atomic E-state index is 10.9. The Bertz CT molecular complexity index is 228. The van der Waals surface area contributed by atoms with Gasteiger partial charge >= 0.3 is 0 Å². The third-order valence-corrected chi connectivity index (χ3v) is 2.68. The van der Waals surface area contributed by atoms with Crippen LogP contribution in [0, 0.1) is 0 Å². The normalized spacial score (nSPS) is 21.6. The van der Waals surface area contributed by atoms with Crippen molar-refractivity contribution < 1.29 is 9.59 Å². The van der Waals surface area contributed by atoms with Crippen LogP contribution in [-0.4, -0.2) is 35.7 Å². The number of carbonyl (C=O) groups excluding carboxylic acids is 2. The smallest absolute Gasteiger partial charge is 0.234 e. The molecule has 1 aliphatic rings. The highest BCUT2D eigenvalue weighted by atomic mass is 16.1. The third kappa shape index (κ3) is 3.10. The molecule has 1 aliphatic heterocycles. The summed E-state index contributed by atoms with van der Waals surface area (Å²) in [7, 11) is 0. The largest absolute Gasteiger partial charge is 0.368 e. The van der Waals surface area contributed by atoms with Crippen LogP contribution in [0.5, 0.6) is 0 Å². The van der Waals surface area contributed by atoms with Crippen LogP contribution in [0.4, 0.5) is 0 Å². The van der Waals surface area contributed by atoms with Crippen molar-refractivity contribution in [2.24, 2.45) is 5.73 Å². The molecule has 0 aromatic rings. The first kappa shape index (κ1) is 11.2. The first-order chi connectivity index (χ1) is 6.61. The average molecular weight is 198 g/mol. The van der Waals surface area contributed by atoms with Gasteiger partial charge < -0.3 is 10.5 Å². The molecule has 0 bridgehead atoms. The number of ketones is 1. The predicted octanol–water partition coefficient (Wildman–Crippen LogP) is 0.305. The molecule has 0 aromatic heterocycles. The maximum absolute atomic E-state index is 10.9. The molecule has 0 aromatic carbocycles. The van der Waals surface area contributed by atoms with E-state index in [4.69, 9.17) is 5.73 Å². The molecule has 80 valence electrons. The second-order valence-electron chi connectivity index (χ2n) is 3.90. The lowest BCUT2D eigenvalue weighted by Crippen LogP contribution is -2.54. The van der Waals surface area contributed by atoms with Crippen molar-refractivity contribution in [3.8, 4) is 0 Å². The SMILES string of the molecule is CC(=O)CCCCN1CCC1C(N)=O. The molecule has 1 amide bonds. The second-order valence-corrected chi connectivity index (χ2v) is 3.90. The third-order valence-electron chi connectivity index (χ3n) is 2.68. The summed E-state index contributed by atoms with van der Waals surface area (Å²) in [5, 5.41) is 0. The van der Waals surface area contributed by atoms with Gasteiger partial charge in [-0.3, -0.25) is 9.69 Å². The highest BCUT2D eigenvalue weighted by Gasteiger charge is 2.31. The van der Waals surface area contributed by atoms with Crippen molar-refractivity contribution in [1.29, 1.82) is 0 Å². The quantitative estimate of drug-likeness (QED) is 0.624. The monoisotopic (exact) mass is 198 g/mol. The minimum atomic E-state index is -0.220. The van der Waals surface area contributed by atoms with Gasteiger partial charge in [0.15, 0.2) is 0 Å². The minimum Gasteiger partial charge on any atom is -0.368 e. The summed E-state index contributed by atoms with van der Waals surface area (Å²) >= 11 is 0. The van der Waals surface area contributed by atoms with Crippen LogP contribution in [-0.2, 0) is 9.59 Å². The van der Waals surface area contributed by atoms with E-state index in [1.165, 1.54) is 0 Å². The number of rotatable bonds is 6. The lowest BCUT2D eigenvalue weighted by molar-refractivity contribution is -0.127. The fraction of sp³-hybridized carbons (Fsp3) is 0.800. The van der Waals surface area contributed by atoms with Gasteiger partial charge in [-0.25, -0.2) is 0 Å². The number of carbonyl (C=O) groups is 2. The van der Waals surface area contributed by atoms with Gasteiger partial charge in [0.25, 0.3) is 0 Å². The van der Waals surface area contributed by atoms with E-state index in [1.807, 2.05) is 0 Å². The van der Waals surface area contributed by atoms with E-state index in [9.17, 15) is 9.59 Å². The zero-order valence-corrected chi connectivity index (χ0v) is 8.66. The Hall–Kier alpha value is -0.900. The summed E-state index contributed by atoms with van der Waals surface area (Å²) in [4.78, 5) is 23.6. The molecular weight excluding hydrogens is 180 g/mol. The van der Waals surface area contributed by atoms with Gasteiger partial charge in [0.2, 0.25) is 5.91 Å². The minimum absolute atomic E-state index is 0.0488. The van der Waals surface area contributed by atoms with Crippen molar-refractivity contribution in [3.05, 3.63) is 0 Å². The van der Waals surface area contributed by atoms with Gasteiger partial charge in [-0.15, -0.1) is 0 Å². The fourth-order valence-electron chi connectivity index (χ4n) is 1.72. The lowest BCUT2D eigenvalue weighted by atomic mass is 10.0. The Labute approximate surface area is 84.4 Å². The van der Waals surface area contributed by atoms with Crippen LogP contribution in [0.2, 0.25) is 0 Å². The molecule has 0 aliphatic carbocycles. The molecule has 1 rings (SSSR count). The highest BCUT2D eigenvalue weighted by molar-refractivity contribution is 5.80. The fourth-order valence-corrected chi connectivity index (χ4v) is 1.72. The zero-order valence-electron chi connectivity index (χ0n) is 8.66. The van der Waals surface area contributed by atoms with E-state index in [0.717, 1.165) is 32.4 Å². The molecule has 1 atom stereocenters. The maximum Gasteiger partial charge on any atom is 0.234 e. The summed E-state index contributed by atoms with van der Waals surface area (Å²) in [6.07, 6.45) is 3.43. The van der Waals surface area contributed by atoms with Crippen LogP contribution in [0.1, 0.15) is 32.6 Å². The summed E-state index contributed by atoms with van der Waals surface area (Å²) in [6.45, 7) is 3.46. The van der Waals surface area contributed by atoms with Gasteiger partial charge in [-0.05, 0) is 32.7 Å². The first-order valence-electron chi connectivity index (χ1n) is 5.14. The average Bonchev–Trinajstić information content (AvgIpc) is 1.99. The van der Waals surface area contributed by atoms with Crippen molar-refractivity contribution in [2.45, 2.75) is 38.6 Å². The van der Waals surface area contributed by atoms with Gasteiger partial charge in [0.05, 0.1) is 6.04 Å². The number of nitrogens with zero attached hydrogens (tertiary/aromatic N) is 1. The van der Waals surface area contributed by atoms with Crippen molar-refractivity contribution in [1.82, 2.24) is 4.90 Å². The Morgan fingerprint density at radius 2 is 2.14 bits per heavy atom. The topological polar surface area (TPSA) is 63.4 Å². The number of amides is 1. The van der Waals surface area contributed by atoms with E-state index in [0.29, 0.717) is 6.42 Å². The van der Waals surface area contributed by atoms with Crippen LogP contribution in [0.15, 0.2) is 0 Å². The first-order valence-corrected chi connectivity index (χ1v) is 5.14. The standard InChI is InChI=1S/C10H18N2O2/c1-8(13)4-2-3-6-12-7-5-9(12)10(11)14/h9H,2-7H2,1H3,(H2,11,14). The Balaban J connectivity index is 2.07. The number of nitrogens with two attached hydrogens (primary N) is 1. The Morgan fingerprint density at radius 3 is 2.57 bits per heavy atom. The number of unbranched alkanes of at least 4 members (excludes halogenated alkanes) is 1. The molecule has 2 N–H and O–H groups in total. The van der Waals surface area contributed by atoms with E-state index >= 15 is 0 Å². The Morgan fingerprint density at radius 1 is 1.43 bits per heavy atom. The Kier molecular flexibility index (Phi) is 4.07. The van der Waals surface area contributed by atoms with E-state index in [2.05, 4.69) is 4.90 Å². The molecule has 1 fully saturated rings. The lowest BCUT2D eigenvalue weighted by Gasteiger charge is -2.38. The van der Waals surface area contributed by atoms with E-state index in [1.54, 1.807) is 6.92 Å². The van der Waals surface area contributed by atoms with Crippen LogP contribution >= 0.6 is 0 Å². The van der Waals surface area contributed by atoms with Gasteiger partial charge in [-0.1, -0.05) is 0 Å². The molecule has 0 spiro atoms. The van der Waals surface area contributed by atoms with Gasteiger partial charge in [-0.2, -0.15) is 0 Å². The van der Waals surface area contributed by atoms with Crippen molar-refractivity contribution in [3.63, 3.8) is 0 Å². The molecule has 0 saturated carbocycles. The predicted molar refractivity (Wildman–Crippen MR) is 53.7 cm³/mol. The molecular formula is C10H18N2O2. The summed E-state index contributed by atoms with van der Waals surface area (Å²) in [5.41, 5.74) is 5.21. The molecule has 14 heavy (non-hydrogen) atoms. The van der Waals surface area contributed by atoms with Crippen LogP contribution in [0.3, 0.4) is 0 Å². The highest BCUT2D eigenvalue weighted by Crippen LogP contribution is 2.17. The number of likely N-dealkylation sites (tertiary alicyclic amines) is 1. The summed E-state index contributed by atoms with van der Waals surface area (Å²) in [5.74, 6) is 0.0166. The summed E-state index contributed by atoms with van der Waals surface area (Å²) in [6, 6.07) is -0.0488. The zero-order chi connectivity index (χ0) is 10.6. The number of primary amides is 1. The number of Topliss-reactive ketones (excluding diaryl/α,β-unsaturated/α-hetero) is 1. The van der Waals surface area contributed by atoms with Crippen molar-refractivity contribution >= 4 is 11.7 Å². The van der Waals surface area contributed by atoms with Crippen LogP contribution in [0.25, 0.3) is 0 Å².